The predicted octanol–water partition coefficient (Wildman–Crippen LogP) is 3.82. The lowest BCUT2D eigenvalue weighted by Gasteiger charge is -2.07. The molecule has 0 bridgehead atoms. The second-order valence-corrected chi connectivity index (χ2v) is 4.31. The first kappa shape index (κ1) is 15.1. The fourth-order valence-electron chi connectivity index (χ4n) is 1.45. The number of rotatable bonds is 4. The highest BCUT2D eigenvalue weighted by molar-refractivity contribution is 6.29. The fraction of sp³-hybridized carbons (Fsp3) is 0.154. The normalized spacial score (nSPS) is 10.5. The number of hydrogen-bond donors (Lipinski definition) is 1. The molecule has 0 fully saturated rings. The molecule has 1 aromatic heterocycles. The number of carbonyl (C=O) groups excluding carboxylic acids is 1. The molecule has 2 rings (SSSR count). The van der Waals surface area contributed by atoms with Crippen molar-refractivity contribution in [2.75, 3.05) is 5.32 Å². The maximum atomic E-state index is 12.5. The van der Waals surface area contributed by atoms with Crippen LogP contribution < -0.4 is 5.32 Å². The van der Waals surface area contributed by atoms with Crippen LogP contribution >= 0.6 is 11.6 Å². The van der Waals surface area contributed by atoms with E-state index in [-0.39, 0.29) is 17.7 Å². The Morgan fingerprint density at radius 3 is 2.67 bits per heavy atom. The second-order valence-electron chi connectivity index (χ2n) is 3.93. The Morgan fingerprint density at radius 2 is 2.00 bits per heavy atom. The molecule has 0 spiro atoms. The zero-order chi connectivity index (χ0) is 15.2. The van der Waals surface area contributed by atoms with E-state index >= 15 is 0 Å². The number of alkyl halides is 2. The van der Waals surface area contributed by atoms with Crippen LogP contribution in [0.1, 0.15) is 17.7 Å². The summed E-state index contributed by atoms with van der Waals surface area (Å²) in [4.78, 5) is 18.6. The summed E-state index contributed by atoms with van der Waals surface area (Å²) in [6.07, 6.45) is -3.67. The van der Waals surface area contributed by atoms with Crippen molar-refractivity contribution in [2.45, 2.75) is 13.0 Å². The van der Waals surface area contributed by atoms with Gasteiger partial charge in [-0.3, -0.25) is 5.32 Å². The summed E-state index contributed by atoms with van der Waals surface area (Å²) >= 11 is 5.57. The van der Waals surface area contributed by atoms with Crippen molar-refractivity contribution < 1.29 is 18.3 Å². The molecular formula is C13H10ClF2N3O2. The molecule has 1 amide bonds. The highest BCUT2D eigenvalue weighted by Crippen LogP contribution is 2.20. The number of hydrogen-bond acceptors (Lipinski definition) is 4. The summed E-state index contributed by atoms with van der Waals surface area (Å²) in [7, 11) is 0. The van der Waals surface area contributed by atoms with Crippen molar-refractivity contribution in [1.29, 1.82) is 0 Å². The summed E-state index contributed by atoms with van der Waals surface area (Å²) in [6, 6.07) is 9.90. The van der Waals surface area contributed by atoms with Gasteiger partial charge in [-0.2, -0.15) is 0 Å². The summed E-state index contributed by atoms with van der Waals surface area (Å²) in [5.41, 5.74) is 0.210. The molecule has 8 heteroatoms. The lowest BCUT2D eigenvalue weighted by molar-refractivity contribution is 0.145. The number of anilines is 1. The Balaban J connectivity index is 1.96. The molecular weight excluding hydrogens is 304 g/mol. The van der Waals surface area contributed by atoms with Gasteiger partial charge in [0.2, 0.25) is 5.95 Å². The molecule has 0 unspecified atom stereocenters. The van der Waals surface area contributed by atoms with Crippen molar-refractivity contribution in [3.05, 3.63) is 52.8 Å². The Labute approximate surface area is 123 Å². The average Bonchev–Trinajstić information content (AvgIpc) is 2.45. The van der Waals surface area contributed by atoms with E-state index < -0.39 is 18.2 Å². The third-order valence-electron chi connectivity index (χ3n) is 2.36. The van der Waals surface area contributed by atoms with Crippen LogP contribution in [-0.2, 0) is 11.3 Å². The maximum Gasteiger partial charge on any atom is 0.414 e. The van der Waals surface area contributed by atoms with E-state index in [0.29, 0.717) is 0 Å². The molecule has 5 nitrogen and oxygen atoms in total. The molecule has 2 aromatic rings. The highest BCUT2D eigenvalue weighted by atomic mass is 35.5. The molecule has 0 saturated carbocycles. The average molecular weight is 314 g/mol. The van der Waals surface area contributed by atoms with Gasteiger partial charge < -0.3 is 4.74 Å². The topological polar surface area (TPSA) is 64.1 Å². The predicted molar refractivity (Wildman–Crippen MR) is 72.2 cm³/mol. The van der Waals surface area contributed by atoms with Gasteiger partial charge in [-0.15, -0.1) is 0 Å². The second kappa shape index (κ2) is 6.94. The minimum absolute atomic E-state index is 0.0367. The van der Waals surface area contributed by atoms with Crippen molar-refractivity contribution in [1.82, 2.24) is 9.97 Å². The Kier molecular flexibility index (Phi) is 4.99. The Hall–Kier alpha value is -2.28. The van der Waals surface area contributed by atoms with Crippen molar-refractivity contribution >= 4 is 23.6 Å². The third-order valence-corrected chi connectivity index (χ3v) is 2.56. The standard InChI is InChI=1S/C13H10ClF2N3O2/c14-10-6-9(11(15)16)17-12(18-10)19-13(20)21-7-8-4-2-1-3-5-8/h1-6,11H,7H2,(H,17,18,19,20). The van der Waals surface area contributed by atoms with Crippen LogP contribution in [0.2, 0.25) is 5.15 Å². The van der Waals surface area contributed by atoms with Gasteiger partial charge in [0.05, 0.1) is 0 Å². The smallest absolute Gasteiger partial charge is 0.414 e. The monoisotopic (exact) mass is 313 g/mol. The molecule has 0 saturated heterocycles. The number of nitrogens with zero attached hydrogens (tertiary/aromatic N) is 2. The Morgan fingerprint density at radius 1 is 1.29 bits per heavy atom. The SMILES string of the molecule is O=C(Nc1nc(Cl)cc(C(F)F)n1)OCc1ccccc1. The van der Waals surface area contributed by atoms with Gasteiger partial charge in [0.1, 0.15) is 17.5 Å². The van der Waals surface area contributed by atoms with Gasteiger partial charge in [-0.1, -0.05) is 41.9 Å². The fourth-order valence-corrected chi connectivity index (χ4v) is 1.65. The number of aromatic nitrogens is 2. The first-order valence-corrected chi connectivity index (χ1v) is 6.22. The number of amides is 1. The van der Waals surface area contributed by atoms with Crippen LogP contribution in [-0.4, -0.2) is 16.1 Å². The summed E-state index contributed by atoms with van der Waals surface area (Å²) in [6.45, 7) is 0.0367. The van der Waals surface area contributed by atoms with Crippen LogP contribution in [0.3, 0.4) is 0 Å². The first-order chi connectivity index (χ1) is 10.0. The lowest BCUT2D eigenvalue weighted by atomic mass is 10.2. The molecule has 1 N–H and O–H groups in total. The van der Waals surface area contributed by atoms with Gasteiger partial charge in [-0.25, -0.2) is 23.5 Å². The summed E-state index contributed by atoms with van der Waals surface area (Å²) < 4.78 is 30.0. The van der Waals surface area contributed by atoms with Gasteiger partial charge in [-0.05, 0) is 5.56 Å². The lowest BCUT2D eigenvalue weighted by Crippen LogP contribution is -2.16. The van der Waals surface area contributed by atoms with Crippen molar-refractivity contribution in [2.24, 2.45) is 0 Å². The van der Waals surface area contributed by atoms with E-state index in [1.165, 1.54) is 0 Å². The van der Waals surface area contributed by atoms with E-state index in [4.69, 9.17) is 16.3 Å². The molecule has 0 radical (unpaired) electrons. The molecule has 1 aromatic carbocycles. The quantitative estimate of drug-likeness (QED) is 0.872. The van der Waals surface area contributed by atoms with Crippen molar-refractivity contribution in [3.8, 4) is 0 Å². The van der Waals surface area contributed by atoms with E-state index in [1.54, 1.807) is 24.3 Å². The molecule has 110 valence electrons. The van der Waals surface area contributed by atoms with E-state index in [1.807, 2.05) is 6.07 Å². The van der Waals surface area contributed by atoms with E-state index in [9.17, 15) is 13.6 Å². The molecule has 0 atom stereocenters. The van der Waals surface area contributed by atoms with Gasteiger partial charge >= 0.3 is 6.09 Å². The largest absolute Gasteiger partial charge is 0.444 e. The molecule has 21 heavy (non-hydrogen) atoms. The van der Waals surface area contributed by atoms with Crippen LogP contribution in [0.5, 0.6) is 0 Å². The van der Waals surface area contributed by atoms with Crippen LogP contribution in [0.25, 0.3) is 0 Å². The van der Waals surface area contributed by atoms with E-state index in [0.717, 1.165) is 11.6 Å². The third kappa shape index (κ3) is 4.64. The maximum absolute atomic E-state index is 12.5. The minimum atomic E-state index is -2.81. The molecule has 0 aliphatic rings. The molecule has 1 heterocycles. The van der Waals surface area contributed by atoms with Gasteiger partial charge in [0.25, 0.3) is 6.43 Å². The Bertz CT molecular complexity index is 626. The van der Waals surface area contributed by atoms with Crippen LogP contribution in [0.15, 0.2) is 36.4 Å². The zero-order valence-corrected chi connectivity index (χ0v) is 11.3. The number of benzene rings is 1. The van der Waals surface area contributed by atoms with E-state index in [2.05, 4.69) is 15.3 Å². The van der Waals surface area contributed by atoms with Crippen LogP contribution in [0, 0.1) is 0 Å². The van der Waals surface area contributed by atoms with Crippen LogP contribution in [0.4, 0.5) is 19.5 Å². The first-order valence-electron chi connectivity index (χ1n) is 5.85. The zero-order valence-electron chi connectivity index (χ0n) is 10.6. The molecule has 0 aliphatic carbocycles. The molecule has 0 aliphatic heterocycles. The number of nitrogens with one attached hydrogen (secondary N) is 1. The summed E-state index contributed by atoms with van der Waals surface area (Å²) in [5, 5.41) is 1.95. The number of carbonyl (C=O) groups is 1. The minimum Gasteiger partial charge on any atom is -0.444 e. The number of ether oxygens (including phenoxy) is 1. The summed E-state index contributed by atoms with van der Waals surface area (Å²) in [5.74, 6) is -0.337. The van der Waals surface area contributed by atoms with Gasteiger partial charge in [0, 0.05) is 6.07 Å². The number of halogens is 3. The van der Waals surface area contributed by atoms with Gasteiger partial charge in [0.15, 0.2) is 0 Å². The highest BCUT2D eigenvalue weighted by Gasteiger charge is 2.14. The van der Waals surface area contributed by atoms with Crippen molar-refractivity contribution in [3.63, 3.8) is 0 Å².